The molecule has 1 aliphatic rings. The van der Waals surface area contributed by atoms with Crippen LogP contribution in [0.1, 0.15) is 32.6 Å². The molecule has 150 valence electrons. The molecule has 0 bridgehead atoms. The first-order chi connectivity index (χ1) is 14.0. The lowest BCUT2D eigenvalue weighted by molar-refractivity contribution is 0.0515. The number of hydrogen-bond acceptors (Lipinski definition) is 8. The normalized spacial score (nSPS) is 14.1. The summed E-state index contributed by atoms with van der Waals surface area (Å²) < 4.78 is 10.2. The van der Waals surface area contributed by atoms with E-state index in [1.54, 1.807) is 47.9 Å². The second-order valence-corrected chi connectivity index (χ2v) is 6.70. The fraction of sp³-hybridized carbons (Fsp3) is 0.316. The van der Waals surface area contributed by atoms with Gasteiger partial charge in [0.05, 0.1) is 6.26 Å². The van der Waals surface area contributed by atoms with E-state index in [0.29, 0.717) is 55.2 Å². The Labute approximate surface area is 166 Å². The van der Waals surface area contributed by atoms with E-state index in [0.717, 1.165) is 0 Å². The lowest BCUT2D eigenvalue weighted by Gasteiger charge is -2.34. The van der Waals surface area contributed by atoms with Gasteiger partial charge in [0.15, 0.2) is 11.6 Å². The summed E-state index contributed by atoms with van der Waals surface area (Å²) >= 11 is 0. The Morgan fingerprint density at radius 3 is 2.34 bits per heavy atom. The van der Waals surface area contributed by atoms with Crippen LogP contribution in [0.3, 0.4) is 0 Å². The highest BCUT2D eigenvalue weighted by molar-refractivity contribution is 5.94. The zero-order chi connectivity index (χ0) is 20.4. The van der Waals surface area contributed by atoms with Gasteiger partial charge in [0.1, 0.15) is 23.1 Å². The van der Waals surface area contributed by atoms with Gasteiger partial charge >= 0.3 is 0 Å². The summed E-state index contributed by atoms with van der Waals surface area (Å²) in [6.45, 7) is 5.20. The number of nitrogens with zero attached hydrogens (tertiary/aromatic N) is 5. The summed E-state index contributed by atoms with van der Waals surface area (Å²) in [6, 6.07) is 6.62. The van der Waals surface area contributed by atoms with E-state index in [4.69, 9.17) is 8.94 Å². The van der Waals surface area contributed by atoms with Crippen molar-refractivity contribution in [3.63, 3.8) is 0 Å². The topological polar surface area (TPSA) is 118 Å². The molecule has 4 heterocycles. The summed E-state index contributed by atoms with van der Waals surface area (Å²) in [5.41, 5.74) is 0.283. The third-order valence-corrected chi connectivity index (χ3v) is 4.53. The molecule has 0 spiro atoms. The number of amides is 2. The van der Waals surface area contributed by atoms with Crippen LogP contribution in [0.2, 0.25) is 0 Å². The highest BCUT2D eigenvalue weighted by Gasteiger charge is 2.27. The van der Waals surface area contributed by atoms with E-state index in [-0.39, 0.29) is 17.5 Å². The van der Waals surface area contributed by atoms with Crippen molar-refractivity contribution in [1.29, 1.82) is 0 Å². The molecule has 1 N–H and O–H groups in total. The van der Waals surface area contributed by atoms with E-state index in [2.05, 4.69) is 20.4 Å². The van der Waals surface area contributed by atoms with Gasteiger partial charge in [-0.3, -0.25) is 9.59 Å². The fourth-order valence-electron chi connectivity index (χ4n) is 3.13. The lowest BCUT2D eigenvalue weighted by Crippen LogP contribution is -2.50. The van der Waals surface area contributed by atoms with E-state index >= 15 is 0 Å². The van der Waals surface area contributed by atoms with E-state index in [1.165, 1.54) is 6.26 Å². The number of carbonyl (C=O) groups excluding carboxylic acids is 2. The number of anilines is 2. The quantitative estimate of drug-likeness (QED) is 0.712. The Balaban J connectivity index is 1.42. The monoisotopic (exact) mass is 396 g/mol. The summed E-state index contributed by atoms with van der Waals surface area (Å²) in [5.74, 6) is 2.01. The van der Waals surface area contributed by atoms with Crippen molar-refractivity contribution in [2.24, 2.45) is 0 Å². The maximum absolute atomic E-state index is 12.9. The molecule has 3 aromatic heterocycles. The molecule has 3 aromatic rings. The second-order valence-electron chi connectivity index (χ2n) is 6.70. The maximum atomic E-state index is 12.9. The summed E-state index contributed by atoms with van der Waals surface area (Å²) in [7, 11) is 0. The van der Waals surface area contributed by atoms with E-state index in [1.807, 2.05) is 0 Å². The fourth-order valence-corrected chi connectivity index (χ4v) is 3.13. The van der Waals surface area contributed by atoms with Crippen molar-refractivity contribution >= 4 is 23.5 Å². The summed E-state index contributed by atoms with van der Waals surface area (Å²) in [4.78, 5) is 37.2. The van der Waals surface area contributed by atoms with Gasteiger partial charge in [-0.2, -0.15) is 0 Å². The maximum Gasteiger partial charge on any atom is 0.289 e. The summed E-state index contributed by atoms with van der Waals surface area (Å²) in [5, 5.41) is 6.88. The molecule has 0 saturated carbocycles. The van der Waals surface area contributed by atoms with Crippen molar-refractivity contribution in [3.05, 3.63) is 53.6 Å². The molecule has 0 unspecified atom stereocenters. The van der Waals surface area contributed by atoms with Gasteiger partial charge < -0.3 is 24.1 Å². The van der Waals surface area contributed by atoms with E-state index < -0.39 is 0 Å². The first kappa shape index (κ1) is 18.7. The van der Waals surface area contributed by atoms with Gasteiger partial charge in [-0.25, -0.2) is 9.97 Å². The van der Waals surface area contributed by atoms with Gasteiger partial charge in [0, 0.05) is 38.3 Å². The molecule has 1 fully saturated rings. The molecule has 10 nitrogen and oxygen atoms in total. The Hall–Kier alpha value is -3.69. The molecule has 0 atom stereocenters. The van der Waals surface area contributed by atoms with Crippen molar-refractivity contribution in [1.82, 2.24) is 24.9 Å². The number of nitrogens with one attached hydrogen (secondary N) is 1. The number of piperazine rings is 1. The molecule has 0 aliphatic carbocycles. The van der Waals surface area contributed by atoms with Crippen molar-refractivity contribution in [2.75, 3.05) is 31.5 Å². The van der Waals surface area contributed by atoms with Crippen molar-refractivity contribution < 1.29 is 18.5 Å². The van der Waals surface area contributed by atoms with Crippen LogP contribution in [0.25, 0.3) is 0 Å². The number of rotatable bonds is 4. The van der Waals surface area contributed by atoms with Gasteiger partial charge in [-0.1, -0.05) is 5.16 Å². The predicted octanol–water partition coefficient (Wildman–Crippen LogP) is 2.02. The summed E-state index contributed by atoms with van der Waals surface area (Å²) in [6.07, 6.45) is 1.47. The Bertz CT molecular complexity index is 1020. The Morgan fingerprint density at radius 2 is 1.72 bits per heavy atom. The van der Waals surface area contributed by atoms with Crippen LogP contribution < -0.4 is 5.32 Å². The molecule has 0 aromatic carbocycles. The minimum atomic E-state index is -0.208. The van der Waals surface area contributed by atoms with Crippen molar-refractivity contribution in [3.8, 4) is 0 Å². The van der Waals surface area contributed by atoms with Gasteiger partial charge in [-0.15, -0.1) is 0 Å². The van der Waals surface area contributed by atoms with Crippen LogP contribution >= 0.6 is 0 Å². The average Bonchev–Trinajstić information content (AvgIpc) is 3.38. The first-order valence-electron chi connectivity index (χ1n) is 9.17. The first-order valence-corrected chi connectivity index (χ1v) is 9.17. The highest BCUT2D eigenvalue weighted by Crippen LogP contribution is 2.17. The second kappa shape index (κ2) is 7.74. The Morgan fingerprint density at radius 1 is 1.00 bits per heavy atom. The third kappa shape index (κ3) is 4.10. The lowest BCUT2D eigenvalue weighted by atomic mass is 10.2. The molecular formula is C19H20N6O4. The minimum Gasteiger partial charge on any atom is -0.459 e. The number of aromatic nitrogens is 3. The van der Waals surface area contributed by atoms with Crippen LogP contribution in [0, 0.1) is 13.8 Å². The highest BCUT2D eigenvalue weighted by atomic mass is 16.5. The molecule has 1 aliphatic heterocycles. The van der Waals surface area contributed by atoms with Crippen LogP contribution in [-0.2, 0) is 0 Å². The largest absolute Gasteiger partial charge is 0.459 e. The van der Waals surface area contributed by atoms with Crippen LogP contribution in [-0.4, -0.2) is 62.9 Å². The molecule has 29 heavy (non-hydrogen) atoms. The molecule has 1 saturated heterocycles. The standard InChI is InChI=1S/C19H20N6O4/c1-12-10-17(23-29-12)22-16-11-14(20-13(2)21-16)18(26)24-5-7-25(8-6-24)19(27)15-4-3-9-28-15/h3-4,9-11H,5-8H2,1-2H3,(H,20,21,22,23). The number of furan rings is 1. The minimum absolute atomic E-state index is 0.172. The van der Waals surface area contributed by atoms with Crippen LogP contribution in [0.4, 0.5) is 11.6 Å². The zero-order valence-corrected chi connectivity index (χ0v) is 16.1. The Kier molecular flexibility index (Phi) is 4.98. The molecule has 2 amide bonds. The van der Waals surface area contributed by atoms with Crippen LogP contribution in [0.15, 0.2) is 39.5 Å². The van der Waals surface area contributed by atoms with Gasteiger partial charge in [0.25, 0.3) is 11.8 Å². The molecule has 10 heteroatoms. The average molecular weight is 396 g/mol. The van der Waals surface area contributed by atoms with Gasteiger partial charge in [-0.05, 0) is 26.0 Å². The molecule has 4 rings (SSSR count). The SMILES string of the molecule is Cc1nc(Nc2cc(C)on2)cc(C(=O)N2CCN(C(=O)c3ccco3)CC2)n1. The zero-order valence-electron chi connectivity index (χ0n) is 16.1. The van der Waals surface area contributed by atoms with Crippen LogP contribution in [0.5, 0.6) is 0 Å². The molecular weight excluding hydrogens is 376 g/mol. The molecule has 0 radical (unpaired) electrons. The predicted molar refractivity (Wildman–Crippen MR) is 102 cm³/mol. The number of aryl methyl sites for hydroxylation is 2. The van der Waals surface area contributed by atoms with Gasteiger partial charge in [0.2, 0.25) is 0 Å². The van der Waals surface area contributed by atoms with E-state index in [9.17, 15) is 9.59 Å². The number of hydrogen-bond donors (Lipinski definition) is 1. The number of carbonyl (C=O) groups is 2. The smallest absolute Gasteiger partial charge is 0.289 e. The van der Waals surface area contributed by atoms with Crippen molar-refractivity contribution in [2.45, 2.75) is 13.8 Å². The third-order valence-electron chi connectivity index (χ3n) is 4.53.